The van der Waals surface area contributed by atoms with E-state index >= 15 is 0 Å². The largest absolute Gasteiger partial charge is 0.490 e. The van der Waals surface area contributed by atoms with Gasteiger partial charge in [0, 0.05) is 28.2 Å². The molecule has 3 aromatic rings. The Hall–Kier alpha value is -3.48. The molecule has 0 spiro atoms. The van der Waals surface area contributed by atoms with Gasteiger partial charge in [0.1, 0.15) is 0 Å². The number of carbonyl (C=O) groups excluding carboxylic acids is 1. The number of rotatable bonds is 10. The van der Waals surface area contributed by atoms with Crippen molar-refractivity contribution in [2.75, 3.05) is 19.8 Å². The molecule has 1 aromatic heterocycles. The summed E-state index contributed by atoms with van der Waals surface area (Å²) >= 11 is 0. The highest BCUT2D eigenvalue weighted by Gasteiger charge is 2.18. The molecule has 7 nitrogen and oxygen atoms in total. The van der Waals surface area contributed by atoms with Crippen LogP contribution in [0.4, 0.5) is 0 Å². The van der Waals surface area contributed by atoms with E-state index in [9.17, 15) is 4.79 Å². The molecule has 2 aromatic carbocycles. The number of hydrogen-bond donors (Lipinski definition) is 2. The minimum atomic E-state index is -0.365. The summed E-state index contributed by atoms with van der Waals surface area (Å²) in [5.74, 6) is 1.06. The number of H-pyrrole nitrogens is 1. The average Bonchev–Trinajstić information content (AvgIpc) is 3.19. The van der Waals surface area contributed by atoms with E-state index in [1.165, 1.54) is 5.56 Å². The zero-order chi connectivity index (χ0) is 22.2. The summed E-state index contributed by atoms with van der Waals surface area (Å²) in [5.41, 5.74) is 6.19. The lowest BCUT2D eigenvalue weighted by atomic mass is 10.1. The van der Waals surface area contributed by atoms with E-state index in [1.807, 2.05) is 39.1 Å². The monoisotopic (exact) mass is 423 g/mol. The van der Waals surface area contributed by atoms with Gasteiger partial charge in [-0.25, -0.2) is 5.43 Å². The Morgan fingerprint density at radius 3 is 2.32 bits per heavy atom. The molecule has 0 fully saturated rings. The molecule has 0 atom stereocenters. The standard InChI is InChI=1S/C24H29N3O4/c1-5-16-10-9-11-19-18(14-25-22(16)19)15-26-27-24(28)17-12-20(29-6-2)23(31-8-4)21(13-17)30-7-3/h9-15,25H,5-8H2,1-4H3,(H,27,28)/b26-15+. The molecule has 0 saturated carbocycles. The van der Waals surface area contributed by atoms with Gasteiger partial charge >= 0.3 is 0 Å². The van der Waals surface area contributed by atoms with Crippen LogP contribution in [-0.4, -0.2) is 36.9 Å². The summed E-state index contributed by atoms with van der Waals surface area (Å²) in [7, 11) is 0. The number of hydrogen-bond acceptors (Lipinski definition) is 5. The predicted molar refractivity (Wildman–Crippen MR) is 123 cm³/mol. The summed E-state index contributed by atoms with van der Waals surface area (Å²) in [4.78, 5) is 16.0. The second-order valence-electron chi connectivity index (χ2n) is 6.74. The quantitative estimate of drug-likeness (QED) is 0.366. The molecule has 1 heterocycles. The van der Waals surface area contributed by atoms with Crippen LogP contribution in [0.5, 0.6) is 17.2 Å². The normalized spacial score (nSPS) is 11.1. The van der Waals surface area contributed by atoms with Gasteiger partial charge in [0.25, 0.3) is 5.91 Å². The zero-order valence-electron chi connectivity index (χ0n) is 18.5. The number of para-hydroxylation sites is 1. The Morgan fingerprint density at radius 2 is 1.71 bits per heavy atom. The number of fused-ring (bicyclic) bond motifs is 1. The maximum atomic E-state index is 12.7. The van der Waals surface area contributed by atoms with E-state index in [2.05, 4.69) is 28.5 Å². The van der Waals surface area contributed by atoms with Crippen LogP contribution in [-0.2, 0) is 6.42 Å². The van der Waals surface area contributed by atoms with Crippen molar-refractivity contribution in [2.24, 2.45) is 5.10 Å². The van der Waals surface area contributed by atoms with Gasteiger partial charge in [0.15, 0.2) is 11.5 Å². The summed E-state index contributed by atoms with van der Waals surface area (Å²) < 4.78 is 17.0. The number of aromatic amines is 1. The number of carbonyl (C=O) groups is 1. The summed E-state index contributed by atoms with van der Waals surface area (Å²) in [6.45, 7) is 9.09. The number of aromatic nitrogens is 1. The Labute approximate surface area is 182 Å². The highest BCUT2D eigenvalue weighted by molar-refractivity contribution is 6.01. The number of ether oxygens (including phenoxy) is 3. The fourth-order valence-electron chi connectivity index (χ4n) is 3.39. The SMILES string of the molecule is CCOc1cc(C(=O)N/N=C/c2c[nH]c3c(CC)cccc23)cc(OCC)c1OCC. The molecule has 2 N–H and O–H groups in total. The highest BCUT2D eigenvalue weighted by Crippen LogP contribution is 2.39. The molecule has 1 amide bonds. The molecule has 0 bridgehead atoms. The number of amides is 1. The molecular formula is C24H29N3O4. The van der Waals surface area contributed by atoms with Crippen LogP contribution in [0.15, 0.2) is 41.6 Å². The lowest BCUT2D eigenvalue weighted by Crippen LogP contribution is -2.18. The van der Waals surface area contributed by atoms with Crippen LogP contribution >= 0.6 is 0 Å². The maximum Gasteiger partial charge on any atom is 0.271 e. The Morgan fingerprint density at radius 1 is 1.03 bits per heavy atom. The topological polar surface area (TPSA) is 84.9 Å². The van der Waals surface area contributed by atoms with Crippen LogP contribution < -0.4 is 19.6 Å². The second kappa shape index (κ2) is 10.5. The minimum absolute atomic E-state index is 0.365. The lowest BCUT2D eigenvalue weighted by molar-refractivity contribution is 0.0954. The van der Waals surface area contributed by atoms with Gasteiger partial charge in [-0.3, -0.25) is 4.79 Å². The summed E-state index contributed by atoms with van der Waals surface area (Å²) in [6, 6.07) is 9.43. The molecule has 0 aliphatic carbocycles. The summed E-state index contributed by atoms with van der Waals surface area (Å²) in [5, 5.41) is 5.21. The first-order valence-electron chi connectivity index (χ1n) is 10.6. The van der Waals surface area contributed by atoms with Crippen molar-refractivity contribution in [1.29, 1.82) is 0 Å². The van der Waals surface area contributed by atoms with Gasteiger partial charge in [0.2, 0.25) is 5.75 Å². The van der Waals surface area contributed by atoms with E-state index in [0.29, 0.717) is 42.6 Å². The van der Waals surface area contributed by atoms with Crippen LogP contribution in [0, 0.1) is 0 Å². The zero-order valence-corrected chi connectivity index (χ0v) is 18.5. The molecule has 0 saturated heterocycles. The van der Waals surface area contributed by atoms with Crippen molar-refractivity contribution in [3.05, 3.63) is 53.2 Å². The van der Waals surface area contributed by atoms with Crippen molar-refractivity contribution >= 4 is 23.0 Å². The van der Waals surface area contributed by atoms with Gasteiger partial charge in [-0.15, -0.1) is 0 Å². The highest BCUT2D eigenvalue weighted by atomic mass is 16.5. The Balaban J connectivity index is 1.83. The molecule has 0 radical (unpaired) electrons. The van der Waals surface area contributed by atoms with Crippen LogP contribution in [0.2, 0.25) is 0 Å². The number of nitrogens with one attached hydrogen (secondary N) is 2. The molecular weight excluding hydrogens is 394 g/mol. The van der Waals surface area contributed by atoms with Crippen molar-refractivity contribution in [2.45, 2.75) is 34.1 Å². The van der Waals surface area contributed by atoms with Crippen LogP contribution in [0.3, 0.4) is 0 Å². The Kier molecular flexibility index (Phi) is 7.54. The van der Waals surface area contributed by atoms with E-state index in [-0.39, 0.29) is 5.91 Å². The fraction of sp³-hybridized carbons (Fsp3) is 0.333. The lowest BCUT2D eigenvalue weighted by Gasteiger charge is -2.16. The van der Waals surface area contributed by atoms with E-state index in [4.69, 9.17) is 14.2 Å². The molecule has 0 aliphatic rings. The van der Waals surface area contributed by atoms with E-state index in [0.717, 1.165) is 22.9 Å². The molecule has 7 heteroatoms. The van der Waals surface area contributed by atoms with Crippen molar-refractivity contribution < 1.29 is 19.0 Å². The van der Waals surface area contributed by atoms with Crippen LogP contribution in [0.1, 0.15) is 49.2 Å². The van der Waals surface area contributed by atoms with Gasteiger partial charge in [-0.2, -0.15) is 5.10 Å². The maximum absolute atomic E-state index is 12.7. The van der Waals surface area contributed by atoms with Gasteiger partial charge in [0.05, 0.1) is 26.0 Å². The van der Waals surface area contributed by atoms with Gasteiger partial charge in [-0.05, 0) is 44.9 Å². The first-order chi connectivity index (χ1) is 15.1. The number of benzene rings is 2. The third kappa shape index (κ3) is 4.99. The number of aryl methyl sites for hydroxylation is 1. The molecule has 164 valence electrons. The predicted octanol–water partition coefficient (Wildman–Crippen LogP) is 4.69. The fourth-order valence-corrected chi connectivity index (χ4v) is 3.39. The third-order valence-electron chi connectivity index (χ3n) is 4.76. The molecule has 31 heavy (non-hydrogen) atoms. The number of hydrazone groups is 1. The first kappa shape index (κ1) is 22.2. The average molecular weight is 424 g/mol. The second-order valence-corrected chi connectivity index (χ2v) is 6.74. The smallest absolute Gasteiger partial charge is 0.271 e. The van der Waals surface area contributed by atoms with E-state index < -0.39 is 0 Å². The van der Waals surface area contributed by atoms with E-state index in [1.54, 1.807) is 18.3 Å². The third-order valence-corrected chi connectivity index (χ3v) is 4.76. The molecule has 3 rings (SSSR count). The molecule has 0 aliphatic heterocycles. The van der Waals surface area contributed by atoms with Gasteiger partial charge < -0.3 is 19.2 Å². The van der Waals surface area contributed by atoms with Crippen molar-refractivity contribution in [3.8, 4) is 17.2 Å². The Bertz CT molecular complexity index is 1040. The first-order valence-corrected chi connectivity index (χ1v) is 10.6. The minimum Gasteiger partial charge on any atom is -0.490 e. The van der Waals surface area contributed by atoms with Crippen LogP contribution in [0.25, 0.3) is 10.9 Å². The van der Waals surface area contributed by atoms with Gasteiger partial charge in [-0.1, -0.05) is 25.1 Å². The van der Waals surface area contributed by atoms with Crippen molar-refractivity contribution in [3.63, 3.8) is 0 Å². The van der Waals surface area contributed by atoms with Crippen molar-refractivity contribution in [1.82, 2.24) is 10.4 Å². The molecule has 0 unspecified atom stereocenters. The summed E-state index contributed by atoms with van der Waals surface area (Å²) in [6.07, 6.45) is 4.46. The number of nitrogens with zero attached hydrogens (tertiary/aromatic N) is 1.